The van der Waals surface area contributed by atoms with E-state index in [4.69, 9.17) is 0 Å². The van der Waals surface area contributed by atoms with Crippen molar-refractivity contribution in [3.63, 3.8) is 0 Å². The Morgan fingerprint density at radius 2 is 2.11 bits per heavy atom. The molecule has 0 heterocycles. The molecule has 0 aromatic heterocycles. The maximum Gasteiger partial charge on any atom is 0.136 e. The summed E-state index contributed by atoms with van der Waals surface area (Å²) >= 11 is 1.62. The summed E-state index contributed by atoms with van der Waals surface area (Å²) in [6.45, 7) is 0.192. The molecule has 1 aromatic rings. The van der Waals surface area contributed by atoms with Crippen molar-refractivity contribution in [3.05, 3.63) is 30.1 Å². The largest absolute Gasteiger partial charge is 0.394 e. The molecule has 2 N–H and O–H groups in total. The fraction of sp³-hybridized carbons (Fsp3) is 0.600. The molecule has 2 aliphatic carbocycles. The van der Waals surface area contributed by atoms with Crippen LogP contribution in [0.25, 0.3) is 0 Å². The SMILES string of the molecule is OCC1(NC2CC2)CCC(Sc2ccccc2F)C1. The van der Waals surface area contributed by atoms with Crippen LogP contribution in [0.1, 0.15) is 32.1 Å². The molecule has 0 radical (unpaired) electrons. The van der Waals surface area contributed by atoms with E-state index in [1.165, 1.54) is 18.9 Å². The van der Waals surface area contributed by atoms with Gasteiger partial charge in [-0.15, -0.1) is 11.8 Å². The highest BCUT2D eigenvalue weighted by molar-refractivity contribution is 8.00. The molecule has 0 spiro atoms. The van der Waals surface area contributed by atoms with E-state index in [0.717, 1.165) is 24.2 Å². The molecular formula is C15H20FNOS. The monoisotopic (exact) mass is 281 g/mol. The molecule has 0 saturated heterocycles. The van der Waals surface area contributed by atoms with Gasteiger partial charge in [-0.25, -0.2) is 4.39 Å². The van der Waals surface area contributed by atoms with Gasteiger partial charge in [-0.1, -0.05) is 12.1 Å². The Balaban J connectivity index is 1.63. The second-order valence-electron chi connectivity index (χ2n) is 5.77. The van der Waals surface area contributed by atoms with Gasteiger partial charge in [0.1, 0.15) is 5.82 Å². The molecule has 0 aliphatic heterocycles. The van der Waals surface area contributed by atoms with Crippen LogP contribution in [0.3, 0.4) is 0 Å². The average molecular weight is 281 g/mol. The summed E-state index contributed by atoms with van der Waals surface area (Å²) in [6.07, 6.45) is 5.42. The molecule has 2 atom stereocenters. The summed E-state index contributed by atoms with van der Waals surface area (Å²) in [5.74, 6) is -0.135. The zero-order chi connectivity index (χ0) is 13.3. The molecule has 0 amide bonds. The van der Waals surface area contributed by atoms with Gasteiger partial charge in [0, 0.05) is 21.7 Å². The molecule has 104 valence electrons. The Labute approximate surface area is 117 Å². The van der Waals surface area contributed by atoms with Gasteiger partial charge in [0.2, 0.25) is 0 Å². The number of aliphatic hydroxyl groups excluding tert-OH is 1. The molecule has 3 rings (SSSR count). The van der Waals surface area contributed by atoms with Gasteiger partial charge in [0.25, 0.3) is 0 Å². The number of rotatable bonds is 5. The van der Waals surface area contributed by atoms with Crippen LogP contribution in [0.5, 0.6) is 0 Å². The van der Waals surface area contributed by atoms with Crippen molar-refractivity contribution in [2.24, 2.45) is 0 Å². The zero-order valence-corrected chi connectivity index (χ0v) is 11.8. The van der Waals surface area contributed by atoms with E-state index in [2.05, 4.69) is 5.32 Å². The summed E-state index contributed by atoms with van der Waals surface area (Å²) in [4.78, 5) is 0.729. The Hall–Kier alpha value is -0.580. The molecule has 19 heavy (non-hydrogen) atoms. The highest BCUT2D eigenvalue weighted by Gasteiger charge is 2.42. The van der Waals surface area contributed by atoms with Crippen molar-refractivity contribution in [3.8, 4) is 0 Å². The number of aliphatic hydroxyl groups is 1. The molecule has 4 heteroatoms. The quantitative estimate of drug-likeness (QED) is 0.870. The molecule has 0 bridgehead atoms. The van der Waals surface area contributed by atoms with Crippen molar-refractivity contribution in [1.82, 2.24) is 5.32 Å². The molecule has 2 saturated carbocycles. The third-order valence-corrected chi connectivity index (χ3v) is 5.40. The molecule has 2 fully saturated rings. The number of hydrogen-bond donors (Lipinski definition) is 2. The van der Waals surface area contributed by atoms with E-state index in [1.54, 1.807) is 17.8 Å². The van der Waals surface area contributed by atoms with E-state index in [9.17, 15) is 9.50 Å². The summed E-state index contributed by atoms with van der Waals surface area (Å²) in [5, 5.41) is 13.7. The summed E-state index contributed by atoms with van der Waals surface area (Å²) in [7, 11) is 0. The lowest BCUT2D eigenvalue weighted by Crippen LogP contribution is -2.47. The summed E-state index contributed by atoms with van der Waals surface area (Å²) in [5.41, 5.74) is -0.121. The van der Waals surface area contributed by atoms with E-state index in [-0.39, 0.29) is 18.0 Å². The minimum absolute atomic E-state index is 0.121. The summed E-state index contributed by atoms with van der Waals surface area (Å²) < 4.78 is 13.7. The lowest BCUT2D eigenvalue weighted by molar-refractivity contribution is 0.163. The first-order chi connectivity index (χ1) is 9.21. The predicted octanol–water partition coefficient (Wildman–Crippen LogP) is 2.95. The number of hydrogen-bond acceptors (Lipinski definition) is 3. The fourth-order valence-corrected chi connectivity index (χ4v) is 4.21. The minimum Gasteiger partial charge on any atom is -0.394 e. The first-order valence-corrected chi connectivity index (χ1v) is 7.88. The minimum atomic E-state index is -0.135. The van der Waals surface area contributed by atoms with Crippen LogP contribution in [-0.2, 0) is 0 Å². The van der Waals surface area contributed by atoms with Gasteiger partial charge in [-0.3, -0.25) is 0 Å². The van der Waals surface area contributed by atoms with E-state index >= 15 is 0 Å². The highest BCUT2D eigenvalue weighted by Crippen LogP contribution is 2.42. The van der Waals surface area contributed by atoms with Crippen LogP contribution in [0.2, 0.25) is 0 Å². The first-order valence-electron chi connectivity index (χ1n) is 7.00. The van der Waals surface area contributed by atoms with Gasteiger partial charge in [0.05, 0.1) is 6.61 Å². The number of thioether (sulfide) groups is 1. The molecule has 2 unspecified atom stereocenters. The van der Waals surface area contributed by atoms with Gasteiger partial charge in [0.15, 0.2) is 0 Å². The van der Waals surface area contributed by atoms with Gasteiger partial charge < -0.3 is 10.4 Å². The molecule has 1 aromatic carbocycles. The van der Waals surface area contributed by atoms with Crippen molar-refractivity contribution in [2.45, 2.75) is 53.8 Å². The normalized spacial score (nSPS) is 30.7. The standard InChI is InChI=1S/C15H20FNOS/c16-13-3-1-2-4-14(13)19-12-7-8-15(9-12,10-18)17-11-5-6-11/h1-4,11-12,17-18H,5-10H2. The van der Waals surface area contributed by atoms with E-state index in [0.29, 0.717) is 11.3 Å². The van der Waals surface area contributed by atoms with Gasteiger partial charge in [-0.05, 0) is 44.2 Å². The topological polar surface area (TPSA) is 32.3 Å². The number of benzene rings is 1. The van der Waals surface area contributed by atoms with Crippen LogP contribution >= 0.6 is 11.8 Å². The zero-order valence-electron chi connectivity index (χ0n) is 10.9. The molecule has 2 aliphatic rings. The predicted molar refractivity (Wildman–Crippen MR) is 75.9 cm³/mol. The van der Waals surface area contributed by atoms with Crippen molar-refractivity contribution >= 4 is 11.8 Å². The third kappa shape index (κ3) is 3.12. The number of halogens is 1. The van der Waals surface area contributed by atoms with Gasteiger partial charge >= 0.3 is 0 Å². The van der Waals surface area contributed by atoms with Crippen LogP contribution in [-0.4, -0.2) is 28.5 Å². The smallest absolute Gasteiger partial charge is 0.136 e. The first kappa shape index (κ1) is 13.4. The second-order valence-corrected chi connectivity index (χ2v) is 7.11. The Kier molecular flexibility index (Phi) is 3.83. The lowest BCUT2D eigenvalue weighted by atomic mass is 9.99. The fourth-order valence-electron chi connectivity index (χ4n) is 2.88. The maximum atomic E-state index is 13.7. The van der Waals surface area contributed by atoms with Crippen LogP contribution < -0.4 is 5.32 Å². The highest BCUT2D eigenvalue weighted by atomic mass is 32.2. The van der Waals surface area contributed by atoms with Crippen molar-refractivity contribution in [1.29, 1.82) is 0 Å². The van der Waals surface area contributed by atoms with E-state index < -0.39 is 0 Å². The Morgan fingerprint density at radius 3 is 2.79 bits per heavy atom. The van der Waals surface area contributed by atoms with E-state index in [1.807, 2.05) is 12.1 Å². The van der Waals surface area contributed by atoms with Crippen LogP contribution in [0.15, 0.2) is 29.2 Å². The molecular weight excluding hydrogens is 261 g/mol. The second kappa shape index (κ2) is 5.43. The van der Waals surface area contributed by atoms with Crippen LogP contribution in [0.4, 0.5) is 4.39 Å². The average Bonchev–Trinajstić information content (AvgIpc) is 3.13. The third-order valence-electron chi connectivity index (χ3n) is 4.08. The van der Waals surface area contributed by atoms with Crippen molar-refractivity contribution < 1.29 is 9.50 Å². The molecule has 2 nitrogen and oxygen atoms in total. The Morgan fingerprint density at radius 1 is 1.32 bits per heavy atom. The lowest BCUT2D eigenvalue weighted by Gasteiger charge is -2.28. The van der Waals surface area contributed by atoms with Gasteiger partial charge in [-0.2, -0.15) is 0 Å². The number of nitrogens with one attached hydrogen (secondary N) is 1. The Bertz CT molecular complexity index is 452. The maximum absolute atomic E-state index is 13.7. The van der Waals surface area contributed by atoms with Crippen molar-refractivity contribution in [2.75, 3.05) is 6.61 Å². The summed E-state index contributed by atoms with van der Waals surface area (Å²) in [6, 6.07) is 7.55. The van der Waals surface area contributed by atoms with Crippen LogP contribution in [0, 0.1) is 5.82 Å².